The Balaban J connectivity index is 1.55. The normalized spacial score (nSPS) is 10.4. The number of carbonyl (C=O) groups is 2. The third-order valence-corrected chi connectivity index (χ3v) is 4.22. The van der Waals surface area contributed by atoms with Crippen LogP contribution in [0.25, 0.3) is 10.8 Å². The number of benzene rings is 3. The molecule has 0 aliphatic rings. The quantitative estimate of drug-likeness (QED) is 0.608. The van der Waals surface area contributed by atoms with Crippen LogP contribution in [0.3, 0.4) is 0 Å². The first-order chi connectivity index (χ1) is 13.1. The molecule has 2 amide bonds. The number of methoxy groups -OCH3 is 1. The molecule has 0 atom stereocenters. The average molecular weight is 364 g/mol. The molecule has 0 radical (unpaired) electrons. The number of ether oxygens (including phenoxy) is 1. The molecule has 6 nitrogen and oxygen atoms in total. The first-order valence-electron chi connectivity index (χ1n) is 8.50. The predicted molar refractivity (Wildman–Crippen MR) is 103 cm³/mol. The summed E-state index contributed by atoms with van der Waals surface area (Å²) in [6.45, 7) is 0. The summed E-state index contributed by atoms with van der Waals surface area (Å²) in [4.78, 5) is 24.2. The number of phenolic OH excluding ortho intramolecular Hbond substituents is 1. The molecule has 0 aromatic heterocycles. The van der Waals surface area contributed by atoms with E-state index in [0.717, 1.165) is 22.1 Å². The number of carbonyl (C=O) groups excluding carboxylic acids is 2. The van der Waals surface area contributed by atoms with E-state index < -0.39 is 5.91 Å². The summed E-state index contributed by atoms with van der Waals surface area (Å²) in [7, 11) is 1.60. The first-order valence-corrected chi connectivity index (χ1v) is 8.50. The highest BCUT2D eigenvalue weighted by atomic mass is 16.5. The van der Waals surface area contributed by atoms with Crippen molar-refractivity contribution in [3.8, 4) is 11.5 Å². The van der Waals surface area contributed by atoms with Crippen LogP contribution in [-0.2, 0) is 11.2 Å². The monoisotopic (exact) mass is 364 g/mol. The molecule has 0 aliphatic carbocycles. The molecule has 3 aromatic carbocycles. The van der Waals surface area contributed by atoms with E-state index >= 15 is 0 Å². The van der Waals surface area contributed by atoms with Gasteiger partial charge in [-0.05, 0) is 47.0 Å². The minimum Gasteiger partial charge on any atom is -0.507 e. The van der Waals surface area contributed by atoms with Crippen LogP contribution >= 0.6 is 0 Å². The van der Waals surface area contributed by atoms with E-state index in [4.69, 9.17) is 4.74 Å². The third-order valence-electron chi connectivity index (χ3n) is 4.22. The lowest BCUT2D eigenvalue weighted by Crippen LogP contribution is -2.41. The van der Waals surface area contributed by atoms with Crippen molar-refractivity contribution < 1.29 is 19.4 Å². The Bertz CT molecular complexity index is 968. The Hall–Kier alpha value is -3.54. The van der Waals surface area contributed by atoms with Gasteiger partial charge < -0.3 is 9.84 Å². The summed E-state index contributed by atoms with van der Waals surface area (Å²) in [5, 5.41) is 11.7. The molecule has 0 aliphatic heterocycles. The minimum atomic E-state index is -0.573. The van der Waals surface area contributed by atoms with Crippen molar-refractivity contribution in [1.29, 1.82) is 0 Å². The fourth-order valence-electron chi connectivity index (χ4n) is 2.72. The fraction of sp³-hybridized carbons (Fsp3) is 0.143. The van der Waals surface area contributed by atoms with Gasteiger partial charge in [0.2, 0.25) is 5.91 Å². The number of amides is 2. The summed E-state index contributed by atoms with van der Waals surface area (Å²) in [5.41, 5.74) is 5.81. The van der Waals surface area contributed by atoms with Gasteiger partial charge in [0.1, 0.15) is 11.5 Å². The zero-order valence-corrected chi connectivity index (χ0v) is 14.9. The summed E-state index contributed by atoms with van der Waals surface area (Å²) < 4.78 is 5.09. The summed E-state index contributed by atoms with van der Waals surface area (Å²) in [5.74, 6) is -0.278. The van der Waals surface area contributed by atoms with Gasteiger partial charge in [-0.3, -0.25) is 20.4 Å². The molecule has 27 heavy (non-hydrogen) atoms. The molecule has 0 saturated heterocycles. The van der Waals surface area contributed by atoms with Crippen molar-refractivity contribution in [1.82, 2.24) is 10.9 Å². The van der Waals surface area contributed by atoms with E-state index in [2.05, 4.69) is 10.9 Å². The van der Waals surface area contributed by atoms with Crippen molar-refractivity contribution in [3.05, 3.63) is 71.8 Å². The van der Waals surface area contributed by atoms with Crippen molar-refractivity contribution in [2.45, 2.75) is 12.8 Å². The van der Waals surface area contributed by atoms with E-state index in [-0.39, 0.29) is 23.6 Å². The topological polar surface area (TPSA) is 87.7 Å². The molecule has 0 fully saturated rings. The van der Waals surface area contributed by atoms with Crippen LogP contribution in [0.4, 0.5) is 0 Å². The highest BCUT2D eigenvalue weighted by Crippen LogP contribution is 2.24. The number of phenols is 1. The van der Waals surface area contributed by atoms with Crippen LogP contribution in [0, 0.1) is 0 Å². The Morgan fingerprint density at radius 3 is 2.30 bits per heavy atom. The molecule has 0 unspecified atom stereocenters. The maximum absolute atomic E-state index is 12.3. The Morgan fingerprint density at radius 1 is 0.963 bits per heavy atom. The smallest absolute Gasteiger partial charge is 0.273 e. The second-order valence-electron chi connectivity index (χ2n) is 6.07. The van der Waals surface area contributed by atoms with Gasteiger partial charge in [-0.25, -0.2) is 0 Å². The second kappa shape index (κ2) is 8.23. The largest absolute Gasteiger partial charge is 0.507 e. The molecule has 3 aromatic rings. The van der Waals surface area contributed by atoms with Crippen molar-refractivity contribution in [2.24, 2.45) is 0 Å². The van der Waals surface area contributed by atoms with Gasteiger partial charge in [-0.15, -0.1) is 0 Å². The lowest BCUT2D eigenvalue weighted by atomic mass is 10.1. The Kier molecular flexibility index (Phi) is 5.56. The molecule has 0 bridgehead atoms. The van der Waals surface area contributed by atoms with Crippen LogP contribution in [0.2, 0.25) is 0 Å². The van der Waals surface area contributed by atoms with Crippen LogP contribution in [0.5, 0.6) is 11.5 Å². The van der Waals surface area contributed by atoms with Crippen LogP contribution in [0.1, 0.15) is 22.3 Å². The van der Waals surface area contributed by atoms with Gasteiger partial charge in [0.25, 0.3) is 5.91 Å². The second-order valence-corrected chi connectivity index (χ2v) is 6.07. The number of hydrogen-bond donors (Lipinski definition) is 3. The van der Waals surface area contributed by atoms with Crippen molar-refractivity contribution >= 4 is 22.6 Å². The average Bonchev–Trinajstić information content (AvgIpc) is 2.70. The number of aromatic hydroxyl groups is 1. The number of hydrogen-bond acceptors (Lipinski definition) is 4. The van der Waals surface area contributed by atoms with E-state index in [1.165, 1.54) is 6.07 Å². The molecule has 0 saturated carbocycles. The zero-order valence-electron chi connectivity index (χ0n) is 14.9. The first kappa shape index (κ1) is 18.3. The van der Waals surface area contributed by atoms with Gasteiger partial charge in [-0.2, -0.15) is 0 Å². The van der Waals surface area contributed by atoms with Gasteiger partial charge in [0, 0.05) is 6.42 Å². The molecular formula is C21H20N2O4. The molecular weight excluding hydrogens is 344 g/mol. The van der Waals surface area contributed by atoms with E-state index in [0.29, 0.717) is 6.42 Å². The summed E-state index contributed by atoms with van der Waals surface area (Å²) in [6.07, 6.45) is 0.753. The predicted octanol–water partition coefficient (Wildman–Crippen LogP) is 2.95. The maximum Gasteiger partial charge on any atom is 0.273 e. The van der Waals surface area contributed by atoms with Crippen LogP contribution < -0.4 is 15.6 Å². The molecule has 138 valence electrons. The molecule has 0 spiro atoms. The van der Waals surface area contributed by atoms with Gasteiger partial charge in [0.05, 0.1) is 12.7 Å². The maximum atomic E-state index is 12.3. The molecule has 3 N–H and O–H groups in total. The number of nitrogens with one attached hydrogen (secondary N) is 2. The highest BCUT2D eigenvalue weighted by molar-refractivity contribution is 6.02. The van der Waals surface area contributed by atoms with E-state index in [1.54, 1.807) is 13.2 Å². The lowest BCUT2D eigenvalue weighted by Gasteiger charge is -2.10. The number of fused-ring (bicyclic) bond motifs is 1. The molecule has 0 heterocycles. The SMILES string of the molecule is COc1ccc(CCC(=O)NNC(=O)c2cc3ccccc3cc2O)cc1. The Labute approximate surface area is 156 Å². The molecule has 6 heteroatoms. The summed E-state index contributed by atoms with van der Waals surface area (Å²) >= 11 is 0. The number of aryl methyl sites for hydroxylation is 1. The van der Waals surface area contributed by atoms with Crippen LogP contribution in [0.15, 0.2) is 60.7 Å². The van der Waals surface area contributed by atoms with Crippen molar-refractivity contribution in [2.75, 3.05) is 7.11 Å². The lowest BCUT2D eigenvalue weighted by molar-refractivity contribution is -0.121. The number of hydrazine groups is 1. The fourth-order valence-corrected chi connectivity index (χ4v) is 2.72. The minimum absolute atomic E-state index is 0.101. The van der Waals surface area contributed by atoms with Gasteiger partial charge in [-0.1, -0.05) is 36.4 Å². The highest BCUT2D eigenvalue weighted by Gasteiger charge is 2.13. The zero-order chi connectivity index (χ0) is 19.2. The van der Waals surface area contributed by atoms with Gasteiger partial charge in [0.15, 0.2) is 0 Å². The summed E-state index contributed by atoms with van der Waals surface area (Å²) in [6, 6.07) is 17.9. The van der Waals surface area contributed by atoms with E-state index in [1.807, 2.05) is 48.5 Å². The third kappa shape index (κ3) is 4.55. The van der Waals surface area contributed by atoms with Crippen molar-refractivity contribution in [3.63, 3.8) is 0 Å². The van der Waals surface area contributed by atoms with Gasteiger partial charge >= 0.3 is 0 Å². The number of rotatable bonds is 5. The Morgan fingerprint density at radius 2 is 1.63 bits per heavy atom. The standard InChI is InChI=1S/C21H20N2O4/c1-27-17-9-6-14(7-10-17)8-11-20(25)22-23-21(26)18-12-15-4-2-3-5-16(15)13-19(18)24/h2-7,9-10,12-13,24H,8,11H2,1H3,(H,22,25)(H,23,26). The molecule has 3 rings (SSSR count). The van der Waals surface area contributed by atoms with Crippen LogP contribution in [-0.4, -0.2) is 24.0 Å². The van der Waals surface area contributed by atoms with E-state index in [9.17, 15) is 14.7 Å².